The maximum Gasteiger partial charge on any atom is 0.175 e. The number of hydrogen-bond acceptors (Lipinski definition) is 5. The van der Waals surface area contributed by atoms with Gasteiger partial charge in [-0.25, -0.2) is 8.42 Å². The zero-order valence-electron chi connectivity index (χ0n) is 13.7. The van der Waals surface area contributed by atoms with E-state index in [0.29, 0.717) is 18.0 Å². The molecule has 0 saturated carbocycles. The summed E-state index contributed by atoms with van der Waals surface area (Å²) in [5, 5.41) is 10.3. The van der Waals surface area contributed by atoms with Gasteiger partial charge in [-0.05, 0) is 41.8 Å². The molecule has 5 nitrogen and oxygen atoms in total. The minimum Gasteiger partial charge on any atom is -0.391 e. The number of nitrogens with zero attached hydrogens (tertiary/aromatic N) is 2. The molecule has 1 fully saturated rings. The lowest BCUT2D eigenvalue weighted by Gasteiger charge is -2.16. The second kappa shape index (κ2) is 7.01. The first kappa shape index (κ1) is 17.1. The number of aliphatic hydroxyl groups is 1. The van der Waals surface area contributed by atoms with Gasteiger partial charge in [0.25, 0.3) is 0 Å². The van der Waals surface area contributed by atoms with E-state index in [1.165, 1.54) is 11.8 Å². The number of hydrogen-bond donors (Lipinski definition) is 1. The molecule has 1 saturated heterocycles. The van der Waals surface area contributed by atoms with Gasteiger partial charge in [-0.3, -0.25) is 9.88 Å². The van der Waals surface area contributed by atoms with E-state index in [2.05, 4.69) is 9.88 Å². The lowest BCUT2D eigenvalue weighted by Crippen LogP contribution is -2.21. The van der Waals surface area contributed by atoms with Gasteiger partial charge < -0.3 is 5.11 Å². The zero-order valence-corrected chi connectivity index (χ0v) is 14.5. The summed E-state index contributed by atoms with van der Waals surface area (Å²) < 4.78 is 23.0. The second-order valence-corrected chi connectivity index (χ2v) is 8.51. The third-order valence-corrected chi connectivity index (χ3v) is 5.62. The molecule has 1 aromatic heterocycles. The average molecular weight is 346 g/mol. The van der Waals surface area contributed by atoms with Gasteiger partial charge >= 0.3 is 0 Å². The Morgan fingerprint density at radius 3 is 2.38 bits per heavy atom. The molecule has 0 spiro atoms. The van der Waals surface area contributed by atoms with Crippen LogP contribution in [0.25, 0.3) is 0 Å². The Bertz CT molecular complexity index is 776. The lowest BCUT2D eigenvalue weighted by atomic mass is 9.97. The molecule has 1 aliphatic heterocycles. The minimum absolute atomic E-state index is 0.211. The quantitative estimate of drug-likeness (QED) is 0.889. The van der Waals surface area contributed by atoms with Gasteiger partial charge in [0.2, 0.25) is 0 Å². The summed E-state index contributed by atoms with van der Waals surface area (Å²) in [5.74, 6) is 0.211. The Labute approximate surface area is 142 Å². The molecular weight excluding hydrogens is 324 g/mol. The number of pyridine rings is 1. The van der Waals surface area contributed by atoms with Crippen LogP contribution in [0.4, 0.5) is 0 Å². The van der Waals surface area contributed by atoms with Crippen molar-refractivity contribution in [3.05, 3.63) is 59.9 Å². The van der Waals surface area contributed by atoms with E-state index in [0.717, 1.165) is 18.5 Å². The molecule has 2 heterocycles. The highest BCUT2D eigenvalue weighted by atomic mass is 32.2. The topological polar surface area (TPSA) is 70.5 Å². The molecule has 1 aliphatic rings. The van der Waals surface area contributed by atoms with Crippen LogP contribution >= 0.6 is 0 Å². The third-order valence-electron chi connectivity index (χ3n) is 4.49. The molecule has 1 N–H and O–H groups in total. The van der Waals surface area contributed by atoms with Crippen molar-refractivity contribution in [2.45, 2.75) is 24.0 Å². The summed E-state index contributed by atoms with van der Waals surface area (Å²) in [6.07, 6.45) is 5.26. The summed E-state index contributed by atoms with van der Waals surface area (Å²) in [6.45, 7) is 2.19. The highest BCUT2D eigenvalue weighted by Crippen LogP contribution is 2.23. The van der Waals surface area contributed by atoms with Crippen molar-refractivity contribution >= 4 is 9.84 Å². The van der Waals surface area contributed by atoms with Crippen molar-refractivity contribution in [2.24, 2.45) is 5.92 Å². The maximum absolute atomic E-state index is 11.5. The number of aromatic nitrogens is 1. The normalized spacial score (nSPS) is 21.9. The monoisotopic (exact) mass is 346 g/mol. The molecular formula is C18H22N2O3S. The molecule has 2 aromatic rings. The molecule has 0 bridgehead atoms. The lowest BCUT2D eigenvalue weighted by molar-refractivity contribution is 0.141. The van der Waals surface area contributed by atoms with Gasteiger partial charge in [0, 0.05) is 44.2 Å². The fraction of sp³-hybridized carbons (Fsp3) is 0.389. The van der Waals surface area contributed by atoms with Crippen molar-refractivity contribution in [1.29, 1.82) is 0 Å². The summed E-state index contributed by atoms with van der Waals surface area (Å²) in [5.41, 5.74) is 2.24. The van der Waals surface area contributed by atoms with Gasteiger partial charge in [0.1, 0.15) is 0 Å². The van der Waals surface area contributed by atoms with E-state index in [1.54, 1.807) is 24.5 Å². The third kappa shape index (κ3) is 4.20. The van der Waals surface area contributed by atoms with Gasteiger partial charge in [-0.2, -0.15) is 0 Å². The van der Waals surface area contributed by atoms with E-state index in [9.17, 15) is 13.5 Å². The van der Waals surface area contributed by atoms with Crippen LogP contribution in [0.5, 0.6) is 0 Å². The molecule has 128 valence electrons. The van der Waals surface area contributed by atoms with Crippen LogP contribution in [0, 0.1) is 5.92 Å². The van der Waals surface area contributed by atoms with Crippen LogP contribution in [0.15, 0.2) is 53.7 Å². The number of likely N-dealkylation sites (tertiary alicyclic amines) is 1. The highest BCUT2D eigenvalue weighted by Gasteiger charge is 2.31. The van der Waals surface area contributed by atoms with Crippen molar-refractivity contribution in [3.8, 4) is 0 Å². The Balaban J connectivity index is 1.61. The van der Waals surface area contributed by atoms with Crippen LogP contribution < -0.4 is 0 Å². The van der Waals surface area contributed by atoms with Crippen LogP contribution in [0.2, 0.25) is 0 Å². The first-order valence-corrected chi connectivity index (χ1v) is 9.89. The molecule has 0 radical (unpaired) electrons. The highest BCUT2D eigenvalue weighted by molar-refractivity contribution is 7.90. The summed E-state index contributed by atoms with van der Waals surface area (Å²) >= 11 is 0. The predicted octanol–water partition coefficient (Wildman–Crippen LogP) is 1.52. The van der Waals surface area contributed by atoms with Crippen molar-refractivity contribution in [3.63, 3.8) is 0 Å². The van der Waals surface area contributed by atoms with Gasteiger partial charge in [0.15, 0.2) is 9.84 Å². The number of rotatable bonds is 5. The standard InChI is InChI=1S/C18H22N2O3S/c1-24(22,23)17-4-2-15(3-5-17)11-20-12-16(18(21)13-20)10-14-6-8-19-9-7-14/h2-9,16,18,21H,10-13H2,1H3/t16-,18-/m1/s1. The van der Waals surface area contributed by atoms with Crippen LogP contribution in [-0.4, -0.2) is 48.9 Å². The molecule has 6 heteroatoms. The fourth-order valence-corrected chi connectivity index (χ4v) is 3.82. The van der Waals surface area contributed by atoms with E-state index < -0.39 is 9.84 Å². The summed E-state index contributed by atoms with van der Waals surface area (Å²) in [6, 6.07) is 11.0. The minimum atomic E-state index is -3.16. The Hall–Kier alpha value is -1.76. The molecule has 3 rings (SSSR count). The van der Waals surface area contributed by atoms with Crippen molar-refractivity contribution in [1.82, 2.24) is 9.88 Å². The first-order valence-electron chi connectivity index (χ1n) is 8.00. The molecule has 1 aromatic carbocycles. The van der Waals surface area contributed by atoms with Gasteiger partial charge in [0.05, 0.1) is 11.0 Å². The average Bonchev–Trinajstić information content (AvgIpc) is 2.87. The number of benzene rings is 1. The second-order valence-electron chi connectivity index (χ2n) is 6.50. The number of β-amino-alcohol motifs (C(OH)–C–C–N with tert-alkyl or cyclic N) is 1. The van der Waals surface area contributed by atoms with Gasteiger partial charge in [-0.1, -0.05) is 12.1 Å². The van der Waals surface area contributed by atoms with Crippen molar-refractivity contribution in [2.75, 3.05) is 19.3 Å². The Morgan fingerprint density at radius 2 is 1.75 bits per heavy atom. The van der Waals surface area contributed by atoms with Crippen LogP contribution in [0.1, 0.15) is 11.1 Å². The maximum atomic E-state index is 11.5. The molecule has 0 amide bonds. The largest absolute Gasteiger partial charge is 0.391 e. The smallest absolute Gasteiger partial charge is 0.175 e. The van der Waals surface area contributed by atoms with E-state index in [4.69, 9.17) is 0 Å². The van der Waals surface area contributed by atoms with E-state index in [-0.39, 0.29) is 12.0 Å². The van der Waals surface area contributed by atoms with Crippen LogP contribution in [0.3, 0.4) is 0 Å². The van der Waals surface area contributed by atoms with E-state index >= 15 is 0 Å². The fourth-order valence-electron chi connectivity index (χ4n) is 3.19. The van der Waals surface area contributed by atoms with Crippen LogP contribution in [-0.2, 0) is 22.8 Å². The van der Waals surface area contributed by atoms with Gasteiger partial charge in [-0.15, -0.1) is 0 Å². The molecule has 0 aliphatic carbocycles. The Kier molecular flexibility index (Phi) is 4.99. The SMILES string of the molecule is CS(=O)(=O)c1ccc(CN2C[C@@H](Cc3ccncc3)[C@H](O)C2)cc1. The molecule has 2 atom stereocenters. The first-order chi connectivity index (χ1) is 11.4. The zero-order chi connectivity index (χ0) is 17.2. The Morgan fingerprint density at radius 1 is 1.08 bits per heavy atom. The van der Waals surface area contributed by atoms with Crippen molar-refractivity contribution < 1.29 is 13.5 Å². The van der Waals surface area contributed by atoms with E-state index in [1.807, 2.05) is 24.3 Å². The summed E-state index contributed by atoms with van der Waals surface area (Å²) in [4.78, 5) is 6.57. The molecule has 0 unspecified atom stereocenters. The number of aliphatic hydroxyl groups excluding tert-OH is 1. The predicted molar refractivity (Wildman–Crippen MR) is 92.3 cm³/mol. The summed E-state index contributed by atoms with van der Waals surface area (Å²) in [7, 11) is -3.16. The molecule has 24 heavy (non-hydrogen) atoms. The number of sulfone groups is 1.